The molecule has 0 saturated heterocycles. The summed E-state index contributed by atoms with van der Waals surface area (Å²) in [5.74, 6) is 0. The van der Waals surface area contributed by atoms with E-state index in [2.05, 4.69) is 19.9 Å². The largest absolute Gasteiger partial charge is 0.381 e. The van der Waals surface area contributed by atoms with E-state index >= 15 is 0 Å². The third-order valence-corrected chi connectivity index (χ3v) is 1.63. The maximum absolute atomic E-state index is 5.23. The molecule has 0 aliphatic carbocycles. The van der Waals surface area contributed by atoms with Crippen molar-refractivity contribution in [2.45, 2.75) is 33.6 Å². The van der Waals surface area contributed by atoms with E-state index in [1.165, 1.54) is 5.57 Å². The zero-order valence-electron chi connectivity index (χ0n) is 7.31. The molecule has 60 valence electrons. The highest BCUT2D eigenvalue weighted by Crippen LogP contribution is 2.05. The zero-order valence-corrected chi connectivity index (χ0v) is 7.31. The summed E-state index contributed by atoms with van der Waals surface area (Å²) in [6.07, 6.45) is 4.43. The molecule has 1 nitrogen and oxygen atoms in total. The van der Waals surface area contributed by atoms with Crippen LogP contribution in [0.3, 0.4) is 0 Å². The first-order valence-electron chi connectivity index (χ1n) is 4.06. The highest BCUT2D eigenvalue weighted by Gasteiger charge is 1.90. The molecule has 0 heterocycles. The number of hydrogen-bond acceptors (Lipinski definition) is 1. The van der Waals surface area contributed by atoms with Crippen molar-refractivity contribution in [3.63, 3.8) is 0 Å². The standard InChI is InChI=1S/C9H18O/c1-4-9(5-2)7-8-10-6-3/h4H,5-8H2,1-3H3. The second-order valence-corrected chi connectivity index (χ2v) is 2.25. The van der Waals surface area contributed by atoms with E-state index in [4.69, 9.17) is 4.74 Å². The lowest BCUT2D eigenvalue weighted by Gasteiger charge is -2.02. The second kappa shape index (κ2) is 6.81. The van der Waals surface area contributed by atoms with Crippen LogP contribution in [0.5, 0.6) is 0 Å². The highest BCUT2D eigenvalue weighted by molar-refractivity contribution is 4.98. The predicted octanol–water partition coefficient (Wildman–Crippen LogP) is 2.77. The van der Waals surface area contributed by atoms with Gasteiger partial charge < -0.3 is 4.74 Å². The van der Waals surface area contributed by atoms with Crippen LogP contribution in [0.1, 0.15) is 33.6 Å². The SMILES string of the molecule is CC=C(CC)CCOCC. The summed E-state index contributed by atoms with van der Waals surface area (Å²) >= 11 is 0. The normalized spacial score (nSPS) is 12.1. The van der Waals surface area contributed by atoms with Crippen molar-refractivity contribution < 1.29 is 4.74 Å². The third-order valence-electron chi connectivity index (χ3n) is 1.63. The van der Waals surface area contributed by atoms with Crippen molar-refractivity contribution in [1.82, 2.24) is 0 Å². The molecule has 0 bridgehead atoms. The Balaban J connectivity index is 3.27. The molecule has 0 unspecified atom stereocenters. The average Bonchev–Trinajstić information content (AvgIpc) is 1.99. The topological polar surface area (TPSA) is 9.23 Å². The van der Waals surface area contributed by atoms with Crippen LogP contribution in [-0.2, 0) is 4.74 Å². The van der Waals surface area contributed by atoms with E-state index in [0.29, 0.717) is 0 Å². The molecule has 0 spiro atoms. The van der Waals surface area contributed by atoms with Gasteiger partial charge in [-0.25, -0.2) is 0 Å². The van der Waals surface area contributed by atoms with E-state index in [0.717, 1.165) is 26.1 Å². The number of hydrogen-bond donors (Lipinski definition) is 0. The Morgan fingerprint density at radius 1 is 1.40 bits per heavy atom. The molecular formula is C9H18O. The fourth-order valence-corrected chi connectivity index (χ4v) is 0.873. The van der Waals surface area contributed by atoms with Crippen LogP contribution in [-0.4, -0.2) is 13.2 Å². The first-order valence-corrected chi connectivity index (χ1v) is 4.06. The Hall–Kier alpha value is -0.300. The molecule has 0 fully saturated rings. The van der Waals surface area contributed by atoms with Crippen LogP contribution in [0.15, 0.2) is 11.6 Å². The fourth-order valence-electron chi connectivity index (χ4n) is 0.873. The molecule has 0 aliphatic heterocycles. The predicted molar refractivity (Wildman–Crippen MR) is 45.2 cm³/mol. The van der Waals surface area contributed by atoms with Crippen LogP contribution >= 0.6 is 0 Å². The molecule has 0 N–H and O–H groups in total. The second-order valence-electron chi connectivity index (χ2n) is 2.25. The van der Waals surface area contributed by atoms with Gasteiger partial charge in [0.1, 0.15) is 0 Å². The van der Waals surface area contributed by atoms with Gasteiger partial charge in [-0.3, -0.25) is 0 Å². The Kier molecular flexibility index (Phi) is 6.61. The van der Waals surface area contributed by atoms with E-state index in [9.17, 15) is 0 Å². The van der Waals surface area contributed by atoms with Crippen molar-refractivity contribution in [2.75, 3.05) is 13.2 Å². The average molecular weight is 142 g/mol. The van der Waals surface area contributed by atoms with Gasteiger partial charge in [0.15, 0.2) is 0 Å². The van der Waals surface area contributed by atoms with E-state index < -0.39 is 0 Å². The minimum atomic E-state index is 0.834. The lowest BCUT2D eigenvalue weighted by molar-refractivity contribution is 0.150. The summed E-state index contributed by atoms with van der Waals surface area (Å²) in [6, 6.07) is 0. The van der Waals surface area contributed by atoms with Crippen molar-refractivity contribution in [1.29, 1.82) is 0 Å². The van der Waals surface area contributed by atoms with Gasteiger partial charge in [0, 0.05) is 6.61 Å². The first-order chi connectivity index (χ1) is 4.85. The Labute approximate surface area is 64.1 Å². The van der Waals surface area contributed by atoms with Gasteiger partial charge in [0.05, 0.1) is 6.61 Å². The molecule has 0 atom stereocenters. The Morgan fingerprint density at radius 3 is 2.50 bits per heavy atom. The molecule has 0 radical (unpaired) electrons. The van der Waals surface area contributed by atoms with Gasteiger partial charge in [-0.2, -0.15) is 0 Å². The summed E-state index contributed by atoms with van der Waals surface area (Å²) in [4.78, 5) is 0. The molecule has 0 aromatic heterocycles. The lowest BCUT2D eigenvalue weighted by atomic mass is 10.1. The molecule has 0 aliphatic rings. The van der Waals surface area contributed by atoms with Crippen LogP contribution in [0.2, 0.25) is 0 Å². The fraction of sp³-hybridized carbons (Fsp3) is 0.778. The van der Waals surface area contributed by atoms with E-state index in [-0.39, 0.29) is 0 Å². The van der Waals surface area contributed by atoms with E-state index in [1.807, 2.05) is 6.92 Å². The summed E-state index contributed by atoms with van der Waals surface area (Å²) in [5, 5.41) is 0. The maximum Gasteiger partial charge on any atom is 0.0503 e. The van der Waals surface area contributed by atoms with Crippen LogP contribution in [0, 0.1) is 0 Å². The van der Waals surface area contributed by atoms with Gasteiger partial charge in [0.25, 0.3) is 0 Å². The van der Waals surface area contributed by atoms with E-state index in [1.54, 1.807) is 0 Å². The summed E-state index contributed by atoms with van der Waals surface area (Å²) in [6.45, 7) is 8.01. The molecular weight excluding hydrogens is 124 g/mol. The molecule has 0 rings (SSSR count). The summed E-state index contributed by atoms with van der Waals surface area (Å²) in [7, 11) is 0. The quantitative estimate of drug-likeness (QED) is 0.423. The molecule has 0 aromatic rings. The van der Waals surface area contributed by atoms with Gasteiger partial charge in [-0.05, 0) is 26.7 Å². The minimum absolute atomic E-state index is 0.834. The van der Waals surface area contributed by atoms with Crippen molar-refractivity contribution >= 4 is 0 Å². The Morgan fingerprint density at radius 2 is 2.10 bits per heavy atom. The minimum Gasteiger partial charge on any atom is -0.381 e. The van der Waals surface area contributed by atoms with Gasteiger partial charge in [-0.15, -0.1) is 0 Å². The van der Waals surface area contributed by atoms with Crippen LogP contribution in [0.4, 0.5) is 0 Å². The van der Waals surface area contributed by atoms with Gasteiger partial charge >= 0.3 is 0 Å². The zero-order chi connectivity index (χ0) is 7.82. The lowest BCUT2D eigenvalue weighted by Crippen LogP contribution is -1.94. The smallest absolute Gasteiger partial charge is 0.0503 e. The third kappa shape index (κ3) is 4.57. The Bertz CT molecular complexity index is 94.9. The van der Waals surface area contributed by atoms with Crippen molar-refractivity contribution in [3.05, 3.63) is 11.6 Å². The number of ether oxygens (including phenoxy) is 1. The number of rotatable bonds is 5. The van der Waals surface area contributed by atoms with Crippen molar-refractivity contribution in [2.24, 2.45) is 0 Å². The highest BCUT2D eigenvalue weighted by atomic mass is 16.5. The maximum atomic E-state index is 5.23. The van der Waals surface area contributed by atoms with Crippen LogP contribution in [0.25, 0.3) is 0 Å². The first kappa shape index (κ1) is 9.70. The van der Waals surface area contributed by atoms with Crippen LogP contribution < -0.4 is 0 Å². The summed E-state index contributed by atoms with van der Waals surface area (Å²) < 4.78 is 5.23. The molecule has 1 heteroatoms. The summed E-state index contributed by atoms with van der Waals surface area (Å²) in [5.41, 5.74) is 1.49. The van der Waals surface area contributed by atoms with Gasteiger partial charge in [-0.1, -0.05) is 18.6 Å². The molecule has 0 aromatic carbocycles. The number of allylic oxidation sites excluding steroid dienone is 1. The monoisotopic (exact) mass is 142 g/mol. The molecule has 0 saturated carbocycles. The van der Waals surface area contributed by atoms with Crippen molar-refractivity contribution in [3.8, 4) is 0 Å². The molecule has 10 heavy (non-hydrogen) atoms. The molecule has 0 amide bonds. The van der Waals surface area contributed by atoms with Gasteiger partial charge in [0.2, 0.25) is 0 Å².